The molecule has 1 heterocycles. The van der Waals surface area contributed by atoms with Gasteiger partial charge in [-0.1, -0.05) is 0 Å². The van der Waals surface area contributed by atoms with E-state index < -0.39 is 0 Å². The Hall–Kier alpha value is -0.450. The van der Waals surface area contributed by atoms with Crippen LogP contribution in [0.4, 0.5) is 0 Å². The molecule has 0 fully saturated rings. The fourth-order valence-electron chi connectivity index (χ4n) is 1.05. The maximum atomic E-state index is 5.45. The number of hydrogen-bond donors (Lipinski definition) is 1. The van der Waals surface area contributed by atoms with E-state index in [-0.39, 0.29) is 0 Å². The molecule has 0 bridgehead atoms. The molecular weight excluding hydrogens is 182 g/mol. The minimum Gasteiger partial charge on any atom is -0.330 e. The van der Waals surface area contributed by atoms with Crippen LogP contribution in [0.2, 0.25) is 0 Å². The van der Waals surface area contributed by atoms with Crippen LogP contribution in [0, 0.1) is 0 Å². The summed E-state index contributed by atoms with van der Waals surface area (Å²) in [6.45, 7) is 1.76. The zero-order valence-corrected chi connectivity index (χ0v) is 9.10. The quantitative estimate of drug-likeness (QED) is 0.761. The number of hydrogen-bond acceptors (Lipinski definition) is 4. The van der Waals surface area contributed by atoms with Crippen molar-refractivity contribution >= 4 is 11.3 Å². The summed E-state index contributed by atoms with van der Waals surface area (Å²) in [4.78, 5) is 6.65. The Morgan fingerprint density at radius 1 is 1.46 bits per heavy atom. The van der Waals surface area contributed by atoms with E-state index in [0.29, 0.717) is 6.54 Å². The molecular formula is C9H17N3S. The van der Waals surface area contributed by atoms with Gasteiger partial charge in [-0.3, -0.25) is 0 Å². The van der Waals surface area contributed by atoms with E-state index in [0.717, 1.165) is 25.1 Å². The maximum absolute atomic E-state index is 5.45. The Morgan fingerprint density at radius 2 is 2.23 bits per heavy atom. The summed E-state index contributed by atoms with van der Waals surface area (Å²) >= 11 is 1.74. The molecule has 0 aliphatic heterocycles. The molecule has 2 N–H and O–H groups in total. The number of aromatic nitrogens is 1. The van der Waals surface area contributed by atoms with Gasteiger partial charge in [-0.25, -0.2) is 4.98 Å². The minimum absolute atomic E-state index is 0.691. The number of rotatable bonds is 5. The predicted molar refractivity (Wildman–Crippen MR) is 57.1 cm³/mol. The molecule has 0 radical (unpaired) electrons. The van der Waals surface area contributed by atoms with Crippen molar-refractivity contribution in [1.82, 2.24) is 9.88 Å². The Labute approximate surface area is 83.6 Å². The second-order valence-corrected chi connectivity index (χ2v) is 4.27. The van der Waals surface area contributed by atoms with Gasteiger partial charge in [0.1, 0.15) is 0 Å². The first-order valence-electron chi connectivity index (χ1n) is 4.50. The molecule has 1 aromatic rings. The van der Waals surface area contributed by atoms with Crippen LogP contribution < -0.4 is 5.73 Å². The van der Waals surface area contributed by atoms with E-state index in [4.69, 9.17) is 5.73 Å². The lowest BCUT2D eigenvalue weighted by Gasteiger charge is -2.06. The van der Waals surface area contributed by atoms with Gasteiger partial charge in [-0.05, 0) is 20.6 Å². The first kappa shape index (κ1) is 10.6. The van der Waals surface area contributed by atoms with Crippen LogP contribution in [0.3, 0.4) is 0 Å². The fourth-order valence-corrected chi connectivity index (χ4v) is 1.87. The minimum atomic E-state index is 0.691. The molecule has 3 nitrogen and oxygen atoms in total. The summed E-state index contributed by atoms with van der Waals surface area (Å²) in [5, 5.41) is 3.33. The molecule has 0 aliphatic carbocycles. The second kappa shape index (κ2) is 5.32. The Morgan fingerprint density at radius 3 is 2.85 bits per heavy atom. The van der Waals surface area contributed by atoms with Gasteiger partial charge in [0.25, 0.3) is 0 Å². The number of nitrogens with zero attached hydrogens (tertiary/aromatic N) is 2. The normalized spacial score (nSPS) is 11.1. The topological polar surface area (TPSA) is 42.2 Å². The Kier molecular flexibility index (Phi) is 4.35. The van der Waals surface area contributed by atoms with Crippen molar-refractivity contribution in [3.63, 3.8) is 0 Å². The number of thiazole rings is 1. The third-order valence-electron chi connectivity index (χ3n) is 1.77. The van der Waals surface area contributed by atoms with Gasteiger partial charge < -0.3 is 10.6 Å². The fraction of sp³-hybridized carbons (Fsp3) is 0.667. The van der Waals surface area contributed by atoms with Crippen molar-refractivity contribution in [2.75, 3.05) is 27.2 Å². The van der Waals surface area contributed by atoms with Gasteiger partial charge in [-0.15, -0.1) is 11.3 Å². The first-order valence-corrected chi connectivity index (χ1v) is 5.38. The molecule has 0 saturated heterocycles. The van der Waals surface area contributed by atoms with Crippen LogP contribution in [0.1, 0.15) is 10.7 Å². The lowest BCUT2D eigenvalue weighted by atomic mass is 10.3. The van der Waals surface area contributed by atoms with Crippen LogP contribution >= 0.6 is 11.3 Å². The van der Waals surface area contributed by atoms with Gasteiger partial charge in [-0.2, -0.15) is 0 Å². The molecule has 0 atom stereocenters. The van der Waals surface area contributed by atoms with Crippen LogP contribution in [0.25, 0.3) is 0 Å². The third kappa shape index (κ3) is 3.85. The van der Waals surface area contributed by atoms with E-state index in [1.54, 1.807) is 11.3 Å². The highest BCUT2D eigenvalue weighted by Crippen LogP contribution is 2.10. The molecule has 0 aliphatic rings. The summed E-state index contributed by atoms with van der Waals surface area (Å²) in [5.41, 5.74) is 6.59. The van der Waals surface area contributed by atoms with Crippen molar-refractivity contribution < 1.29 is 0 Å². The number of nitrogens with two attached hydrogens (primary N) is 1. The van der Waals surface area contributed by atoms with Crippen LogP contribution in [0.15, 0.2) is 5.38 Å². The molecule has 0 saturated carbocycles. The highest BCUT2D eigenvalue weighted by Gasteiger charge is 2.01. The van der Waals surface area contributed by atoms with Crippen LogP contribution in [-0.2, 0) is 12.8 Å². The van der Waals surface area contributed by atoms with Gasteiger partial charge in [0.2, 0.25) is 0 Å². The monoisotopic (exact) mass is 199 g/mol. The van der Waals surface area contributed by atoms with Gasteiger partial charge >= 0.3 is 0 Å². The molecule has 1 rings (SSSR count). The smallest absolute Gasteiger partial charge is 0.0941 e. The molecule has 0 spiro atoms. The molecule has 74 valence electrons. The Balaban J connectivity index is 2.39. The van der Waals surface area contributed by atoms with Crippen molar-refractivity contribution in [2.24, 2.45) is 5.73 Å². The van der Waals surface area contributed by atoms with E-state index in [1.165, 1.54) is 5.01 Å². The van der Waals surface area contributed by atoms with Crippen molar-refractivity contribution in [1.29, 1.82) is 0 Å². The average Bonchev–Trinajstić information content (AvgIpc) is 2.50. The van der Waals surface area contributed by atoms with Gasteiger partial charge in [0.05, 0.1) is 10.7 Å². The summed E-state index contributed by atoms with van der Waals surface area (Å²) in [6, 6.07) is 0. The summed E-state index contributed by atoms with van der Waals surface area (Å²) in [5.74, 6) is 0. The highest BCUT2D eigenvalue weighted by atomic mass is 32.1. The van der Waals surface area contributed by atoms with Crippen molar-refractivity contribution in [3.8, 4) is 0 Å². The van der Waals surface area contributed by atoms with Crippen LogP contribution in [0.5, 0.6) is 0 Å². The average molecular weight is 199 g/mol. The molecule has 4 heteroatoms. The zero-order valence-electron chi connectivity index (χ0n) is 8.29. The molecule has 0 unspecified atom stereocenters. The second-order valence-electron chi connectivity index (χ2n) is 3.32. The predicted octanol–water partition coefficient (Wildman–Crippen LogP) is 0.748. The highest BCUT2D eigenvalue weighted by molar-refractivity contribution is 7.09. The van der Waals surface area contributed by atoms with E-state index in [1.807, 2.05) is 0 Å². The van der Waals surface area contributed by atoms with E-state index in [2.05, 4.69) is 29.4 Å². The number of likely N-dealkylation sites (N-methyl/N-ethyl adjacent to an activating group) is 1. The Bertz CT molecular complexity index is 245. The molecule has 0 amide bonds. The largest absolute Gasteiger partial charge is 0.330 e. The van der Waals surface area contributed by atoms with E-state index in [9.17, 15) is 0 Å². The zero-order chi connectivity index (χ0) is 9.68. The summed E-state index contributed by atoms with van der Waals surface area (Å²) in [6.07, 6.45) is 1.95. The third-order valence-corrected chi connectivity index (χ3v) is 2.73. The van der Waals surface area contributed by atoms with E-state index >= 15 is 0 Å². The lowest BCUT2D eigenvalue weighted by molar-refractivity contribution is 0.413. The van der Waals surface area contributed by atoms with Crippen LogP contribution in [-0.4, -0.2) is 37.1 Å². The first-order chi connectivity index (χ1) is 6.22. The SMILES string of the molecule is CN(C)CCc1nc(CCN)cs1. The summed E-state index contributed by atoms with van der Waals surface area (Å²) in [7, 11) is 4.16. The molecule has 1 aromatic heterocycles. The lowest BCUT2D eigenvalue weighted by Crippen LogP contribution is -2.15. The summed E-state index contributed by atoms with van der Waals surface area (Å²) < 4.78 is 0. The maximum Gasteiger partial charge on any atom is 0.0941 e. The molecule has 13 heavy (non-hydrogen) atoms. The van der Waals surface area contributed by atoms with Crippen molar-refractivity contribution in [2.45, 2.75) is 12.8 Å². The molecule has 0 aromatic carbocycles. The van der Waals surface area contributed by atoms with Crippen molar-refractivity contribution in [3.05, 3.63) is 16.1 Å². The van der Waals surface area contributed by atoms with Gasteiger partial charge in [0.15, 0.2) is 0 Å². The standard InChI is InChI=1S/C9H17N3S/c1-12(2)6-4-9-11-8(3-5-10)7-13-9/h7H,3-6,10H2,1-2H3. The van der Waals surface area contributed by atoms with Gasteiger partial charge in [0, 0.05) is 24.8 Å².